The minimum Gasteiger partial charge on any atom is -0.381 e. The summed E-state index contributed by atoms with van der Waals surface area (Å²) in [6, 6.07) is 8.78. The molecule has 6 heteroatoms. The van der Waals surface area contributed by atoms with Gasteiger partial charge in [0.05, 0.1) is 25.4 Å². The van der Waals surface area contributed by atoms with E-state index in [-0.39, 0.29) is 36.0 Å². The first-order valence-electron chi connectivity index (χ1n) is 12.6. The van der Waals surface area contributed by atoms with Gasteiger partial charge in [0.2, 0.25) is 0 Å². The van der Waals surface area contributed by atoms with E-state index in [0.717, 1.165) is 56.9 Å². The molecule has 5 rings (SSSR count). The van der Waals surface area contributed by atoms with Crippen LogP contribution in [0.25, 0.3) is 0 Å². The maximum absolute atomic E-state index is 15.1. The van der Waals surface area contributed by atoms with Crippen LogP contribution in [-0.4, -0.2) is 25.9 Å². The van der Waals surface area contributed by atoms with Crippen molar-refractivity contribution in [3.63, 3.8) is 0 Å². The predicted octanol–water partition coefficient (Wildman–Crippen LogP) is 7.09. The Labute approximate surface area is 199 Å². The summed E-state index contributed by atoms with van der Waals surface area (Å²) in [5.74, 6) is -1.53. The molecule has 3 fully saturated rings. The average molecular weight is 475 g/mol. The number of ether oxygens (including phenoxy) is 3. The minimum atomic E-state index is -0.675. The molecule has 0 N–H and O–H groups in total. The van der Waals surface area contributed by atoms with Crippen molar-refractivity contribution in [1.82, 2.24) is 0 Å². The highest BCUT2D eigenvalue weighted by atomic mass is 19.2. The van der Waals surface area contributed by atoms with Crippen LogP contribution in [0.2, 0.25) is 0 Å². The summed E-state index contributed by atoms with van der Waals surface area (Å²) >= 11 is 0. The van der Waals surface area contributed by atoms with Crippen molar-refractivity contribution in [3.8, 4) is 0 Å². The molecule has 2 aliphatic carbocycles. The van der Waals surface area contributed by atoms with Gasteiger partial charge < -0.3 is 14.2 Å². The summed E-state index contributed by atoms with van der Waals surface area (Å²) in [5, 5.41) is 0. The predicted molar refractivity (Wildman–Crippen MR) is 123 cm³/mol. The summed E-state index contributed by atoms with van der Waals surface area (Å²) in [6.07, 6.45) is 6.70. The van der Waals surface area contributed by atoms with Crippen LogP contribution in [0.3, 0.4) is 0 Å². The van der Waals surface area contributed by atoms with Gasteiger partial charge in [-0.3, -0.25) is 0 Å². The van der Waals surface area contributed by atoms with Gasteiger partial charge in [-0.15, -0.1) is 0 Å². The van der Waals surface area contributed by atoms with Gasteiger partial charge in [0.15, 0.2) is 11.6 Å². The number of hydrogen-bond acceptors (Lipinski definition) is 3. The van der Waals surface area contributed by atoms with Crippen LogP contribution < -0.4 is 0 Å². The molecule has 1 atom stereocenters. The Hall–Kier alpha value is -1.89. The summed E-state index contributed by atoms with van der Waals surface area (Å²) in [7, 11) is 1.71. The van der Waals surface area contributed by atoms with Crippen LogP contribution in [0.15, 0.2) is 30.3 Å². The van der Waals surface area contributed by atoms with E-state index in [1.54, 1.807) is 25.3 Å². The Morgan fingerprint density at radius 2 is 1.29 bits per heavy atom. The number of methoxy groups -OCH3 is 1. The van der Waals surface area contributed by atoms with Crippen LogP contribution in [0.5, 0.6) is 0 Å². The largest absolute Gasteiger partial charge is 0.381 e. The lowest BCUT2D eigenvalue weighted by Crippen LogP contribution is -2.22. The Kier molecular flexibility index (Phi) is 7.28. The van der Waals surface area contributed by atoms with Crippen molar-refractivity contribution in [2.24, 2.45) is 0 Å². The first-order valence-corrected chi connectivity index (χ1v) is 12.6. The molecule has 34 heavy (non-hydrogen) atoms. The molecule has 2 aromatic rings. The van der Waals surface area contributed by atoms with Crippen molar-refractivity contribution < 1.29 is 27.4 Å². The van der Waals surface area contributed by atoms with Crippen molar-refractivity contribution in [3.05, 3.63) is 70.0 Å². The summed E-state index contributed by atoms with van der Waals surface area (Å²) in [5.41, 5.74) is 2.41. The second-order valence-corrected chi connectivity index (χ2v) is 10.0. The Morgan fingerprint density at radius 1 is 0.765 bits per heavy atom. The van der Waals surface area contributed by atoms with Crippen molar-refractivity contribution in [2.45, 2.75) is 88.1 Å². The zero-order valence-corrected chi connectivity index (χ0v) is 19.7. The molecule has 3 nitrogen and oxygen atoms in total. The number of rotatable bonds is 7. The van der Waals surface area contributed by atoms with Crippen LogP contribution in [0.1, 0.15) is 91.6 Å². The molecule has 0 radical (unpaired) electrons. The van der Waals surface area contributed by atoms with Crippen LogP contribution >= 0.6 is 0 Å². The van der Waals surface area contributed by atoms with Crippen molar-refractivity contribution >= 4 is 0 Å². The molecule has 2 saturated carbocycles. The number of epoxide rings is 1. The van der Waals surface area contributed by atoms with E-state index in [1.807, 2.05) is 6.07 Å². The topological polar surface area (TPSA) is 31.0 Å². The third-order valence-electron chi connectivity index (χ3n) is 7.93. The molecule has 2 aromatic carbocycles. The third-order valence-corrected chi connectivity index (χ3v) is 7.93. The number of halogens is 3. The fourth-order valence-corrected chi connectivity index (χ4v) is 5.72. The first kappa shape index (κ1) is 23.8. The van der Waals surface area contributed by atoms with Crippen LogP contribution in [0, 0.1) is 17.5 Å². The molecule has 0 aromatic heterocycles. The molecule has 0 bridgehead atoms. The molecule has 0 amide bonds. The van der Waals surface area contributed by atoms with E-state index in [9.17, 15) is 4.39 Å². The van der Waals surface area contributed by atoms with E-state index in [0.29, 0.717) is 29.9 Å². The van der Waals surface area contributed by atoms with Gasteiger partial charge in [-0.1, -0.05) is 24.3 Å². The molecule has 1 saturated heterocycles. The van der Waals surface area contributed by atoms with E-state index in [1.165, 1.54) is 6.07 Å². The second-order valence-electron chi connectivity index (χ2n) is 10.0. The molecule has 0 spiro atoms. The van der Waals surface area contributed by atoms with Gasteiger partial charge in [0, 0.05) is 12.7 Å². The van der Waals surface area contributed by atoms with Crippen molar-refractivity contribution in [2.75, 3.05) is 13.7 Å². The highest BCUT2D eigenvalue weighted by molar-refractivity contribution is 5.32. The van der Waals surface area contributed by atoms with Gasteiger partial charge in [0.1, 0.15) is 11.9 Å². The maximum Gasteiger partial charge on any atom is 0.162 e. The molecule has 184 valence electrons. The molecule has 3 aliphatic rings. The Balaban J connectivity index is 1.15. The average Bonchev–Trinajstić information content (AvgIpc) is 3.70. The smallest absolute Gasteiger partial charge is 0.162 e. The zero-order valence-electron chi connectivity index (χ0n) is 19.7. The molecular weight excluding hydrogens is 441 g/mol. The minimum absolute atomic E-state index is 0.00268. The SMILES string of the molecule is COC1CCC(c2ccc(C3CCC(OCc4ccc(C5CO5)c(F)c4)CC3)c(F)c2F)CC1. The van der Waals surface area contributed by atoms with E-state index in [2.05, 4.69) is 0 Å². The highest BCUT2D eigenvalue weighted by Gasteiger charge is 2.30. The zero-order chi connectivity index (χ0) is 23.7. The second kappa shape index (κ2) is 10.4. The number of hydrogen-bond donors (Lipinski definition) is 0. The fourth-order valence-electron chi connectivity index (χ4n) is 5.72. The van der Waals surface area contributed by atoms with Crippen molar-refractivity contribution in [1.29, 1.82) is 0 Å². The number of benzene rings is 2. The lowest BCUT2D eigenvalue weighted by atomic mass is 9.79. The fraction of sp³-hybridized carbons (Fsp3) is 0.571. The van der Waals surface area contributed by atoms with Gasteiger partial charge >= 0.3 is 0 Å². The Bertz CT molecular complexity index is 991. The van der Waals surface area contributed by atoms with E-state index < -0.39 is 11.6 Å². The quantitative estimate of drug-likeness (QED) is 0.402. The molecular formula is C28H33F3O3. The summed E-state index contributed by atoms with van der Waals surface area (Å²) in [6.45, 7) is 0.930. The van der Waals surface area contributed by atoms with Crippen LogP contribution in [-0.2, 0) is 20.8 Å². The van der Waals surface area contributed by atoms with E-state index >= 15 is 8.78 Å². The van der Waals surface area contributed by atoms with Gasteiger partial charge in [-0.25, -0.2) is 13.2 Å². The lowest BCUT2D eigenvalue weighted by molar-refractivity contribution is 0.0130. The monoisotopic (exact) mass is 474 g/mol. The van der Waals surface area contributed by atoms with E-state index in [4.69, 9.17) is 14.2 Å². The molecule has 1 heterocycles. The first-order chi connectivity index (χ1) is 16.5. The normalized spacial score (nSPS) is 29.2. The van der Waals surface area contributed by atoms with Gasteiger partial charge in [-0.05, 0) is 86.0 Å². The summed E-state index contributed by atoms with van der Waals surface area (Å²) in [4.78, 5) is 0. The highest BCUT2D eigenvalue weighted by Crippen LogP contribution is 2.40. The maximum atomic E-state index is 15.1. The third kappa shape index (κ3) is 5.19. The Morgan fingerprint density at radius 3 is 1.79 bits per heavy atom. The van der Waals surface area contributed by atoms with Crippen LogP contribution in [0.4, 0.5) is 13.2 Å². The summed E-state index contributed by atoms with van der Waals surface area (Å²) < 4.78 is 60.8. The lowest BCUT2D eigenvalue weighted by Gasteiger charge is -2.30. The van der Waals surface area contributed by atoms with Gasteiger partial charge in [0.25, 0.3) is 0 Å². The standard InChI is InChI=1S/C28H33F3O3/c1-32-20-7-3-18(4-8-20)22-12-13-23(28(31)27(22)30)19-5-9-21(10-6-19)33-15-17-2-11-24(25(29)14-17)26-16-34-26/h2,11-14,18-21,26H,3-10,15-16H2,1H3. The van der Waals surface area contributed by atoms with Gasteiger partial charge in [-0.2, -0.15) is 0 Å². The molecule has 1 aliphatic heterocycles. The molecule has 1 unspecified atom stereocenters.